The van der Waals surface area contributed by atoms with Gasteiger partial charge >= 0.3 is 5.97 Å². The lowest BCUT2D eigenvalue weighted by Gasteiger charge is -2.07. The standard InChI is InChI=1S/C16H15NO3/c1-20-15-5-3-2-4-12(15)10-14(16(18)19)11-6-8-13(17)9-7-11/h2-10H,17H2,1H3,(H,18,19)/b14-10-. The summed E-state index contributed by atoms with van der Waals surface area (Å²) in [4.78, 5) is 11.4. The van der Waals surface area contributed by atoms with Gasteiger partial charge < -0.3 is 15.6 Å². The van der Waals surface area contributed by atoms with Crippen molar-refractivity contribution >= 4 is 23.3 Å². The van der Waals surface area contributed by atoms with Crippen LogP contribution in [0.15, 0.2) is 48.5 Å². The average Bonchev–Trinajstić information content (AvgIpc) is 2.46. The fraction of sp³-hybridized carbons (Fsp3) is 0.0625. The Morgan fingerprint density at radius 3 is 2.40 bits per heavy atom. The van der Waals surface area contributed by atoms with Crippen LogP contribution < -0.4 is 10.5 Å². The van der Waals surface area contributed by atoms with E-state index in [0.717, 1.165) is 0 Å². The van der Waals surface area contributed by atoms with Crippen LogP contribution in [0.1, 0.15) is 11.1 Å². The molecule has 0 heterocycles. The summed E-state index contributed by atoms with van der Waals surface area (Å²) in [6.45, 7) is 0. The summed E-state index contributed by atoms with van der Waals surface area (Å²) in [5.41, 5.74) is 7.70. The molecule has 0 aliphatic carbocycles. The molecule has 3 N–H and O–H groups in total. The van der Waals surface area contributed by atoms with Crippen LogP contribution in [0, 0.1) is 0 Å². The third kappa shape index (κ3) is 2.98. The third-order valence-corrected chi connectivity index (χ3v) is 2.89. The molecule has 0 saturated heterocycles. The number of anilines is 1. The zero-order valence-corrected chi connectivity index (χ0v) is 11.0. The highest BCUT2D eigenvalue weighted by Crippen LogP contribution is 2.25. The third-order valence-electron chi connectivity index (χ3n) is 2.89. The minimum atomic E-state index is -0.999. The van der Waals surface area contributed by atoms with Crippen molar-refractivity contribution in [2.75, 3.05) is 12.8 Å². The average molecular weight is 269 g/mol. The predicted octanol–water partition coefficient (Wildman–Crippen LogP) is 2.90. The first-order valence-electron chi connectivity index (χ1n) is 6.05. The van der Waals surface area contributed by atoms with E-state index in [1.807, 2.05) is 12.1 Å². The quantitative estimate of drug-likeness (QED) is 0.508. The summed E-state index contributed by atoms with van der Waals surface area (Å²) in [6, 6.07) is 14.0. The number of ether oxygens (including phenoxy) is 1. The molecule has 0 fully saturated rings. The van der Waals surface area contributed by atoms with Crippen LogP contribution in [0.5, 0.6) is 5.75 Å². The number of carbonyl (C=O) groups is 1. The second-order valence-electron chi connectivity index (χ2n) is 4.23. The van der Waals surface area contributed by atoms with E-state index >= 15 is 0 Å². The smallest absolute Gasteiger partial charge is 0.336 e. The lowest BCUT2D eigenvalue weighted by atomic mass is 10.0. The first kappa shape index (κ1) is 13.7. The van der Waals surface area contributed by atoms with Crippen molar-refractivity contribution in [3.8, 4) is 5.75 Å². The molecule has 4 nitrogen and oxygen atoms in total. The molecule has 0 aliphatic heterocycles. The highest BCUT2D eigenvalue weighted by atomic mass is 16.5. The second-order valence-corrected chi connectivity index (χ2v) is 4.23. The zero-order chi connectivity index (χ0) is 14.5. The van der Waals surface area contributed by atoms with Crippen LogP contribution in [0.25, 0.3) is 11.6 Å². The molecule has 0 unspecified atom stereocenters. The topological polar surface area (TPSA) is 72.5 Å². The van der Waals surface area contributed by atoms with E-state index in [0.29, 0.717) is 22.6 Å². The van der Waals surface area contributed by atoms with Crippen LogP contribution in [-0.2, 0) is 4.79 Å². The van der Waals surface area contributed by atoms with Gasteiger partial charge in [0.15, 0.2) is 0 Å². The Balaban J connectivity index is 2.50. The lowest BCUT2D eigenvalue weighted by Crippen LogP contribution is -2.00. The number of nitrogen functional groups attached to an aromatic ring is 1. The maximum atomic E-state index is 11.4. The van der Waals surface area contributed by atoms with E-state index in [2.05, 4.69) is 0 Å². The van der Waals surface area contributed by atoms with Crippen molar-refractivity contribution in [3.63, 3.8) is 0 Å². The molecule has 4 heteroatoms. The molecule has 0 radical (unpaired) electrons. The molecule has 2 aromatic rings. The molecule has 0 aliphatic rings. The van der Waals surface area contributed by atoms with E-state index in [9.17, 15) is 9.90 Å². The van der Waals surface area contributed by atoms with Gasteiger partial charge in [-0.2, -0.15) is 0 Å². The van der Waals surface area contributed by atoms with Crippen molar-refractivity contribution in [3.05, 3.63) is 59.7 Å². The molecule has 102 valence electrons. The SMILES string of the molecule is COc1ccccc1/C=C(\C(=O)O)c1ccc(N)cc1. The van der Waals surface area contributed by atoms with Crippen molar-refractivity contribution in [2.24, 2.45) is 0 Å². The molecule has 0 bridgehead atoms. The summed E-state index contributed by atoms with van der Waals surface area (Å²) in [6.07, 6.45) is 1.59. The van der Waals surface area contributed by atoms with Gasteiger partial charge in [0, 0.05) is 11.3 Å². The first-order chi connectivity index (χ1) is 9.61. The molecular formula is C16H15NO3. The number of hydrogen-bond acceptors (Lipinski definition) is 3. The maximum absolute atomic E-state index is 11.4. The summed E-state index contributed by atoms with van der Waals surface area (Å²) >= 11 is 0. The Morgan fingerprint density at radius 1 is 1.15 bits per heavy atom. The molecule has 2 rings (SSSR count). The molecule has 0 spiro atoms. The van der Waals surface area contributed by atoms with Gasteiger partial charge in [0.05, 0.1) is 12.7 Å². The van der Waals surface area contributed by atoms with Crippen molar-refractivity contribution in [1.29, 1.82) is 0 Å². The van der Waals surface area contributed by atoms with Crippen LogP contribution >= 0.6 is 0 Å². The largest absolute Gasteiger partial charge is 0.496 e. The van der Waals surface area contributed by atoms with Crippen molar-refractivity contribution < 1.29 is 14.6 Å². The first-order valence-corrected chi connectivity index (χ1v) is 6.05. The number of rotatable bonds is 4. The number of benzene rings is 2. The molecular weight excluding hydrogens is 254 g/mol. The minimum Gasteiger partial charge on any atom is -0.496 e. The summed E-state index contributed by atoms with van der Waals surface area (Å²) in [5, 5.41) is 9.38. The maximum Gasteiger partial charge on any atom is 0.336 e. The molecule has 0 atom stereocenters. The van der Waals surface area contributed by atoms with Gasteiger partial charge in [-0.1, -0.05) is 30.3 Å². The summed E-state index contributed by atoms with van der Waals surface area (Å²) in [7, 11) is 1.55. The van der Waals surface area contributed by atoms with Crippen molar-refractivity contribution in [2.45, 2.75) is 0 Å². The van der Waals surface area contributed by atoms with Gasteiger partial charge in [-0.25, -0.2) is 4.79 Å². The van der Waals surface area contributed by atoms with Gasteiger partial charge in [0.1, 0.15) is 5.75 Å². The Hall–Kier alpha value is -2.75. The minimum absolute atomic E-state index is 0.189. The lowest BCUT2D eigenvalue weighted by molar-refractivity contribution is -0.130. The Kier molecular flexibility index (Phi) is 4.05. The number of aliphatic carboxylic acids is 1. The molecule has 0 amide bonds. The monoisotopic (exact) mass is 269 g/mol. The van der Waals surface area contributed by atoms with E-state index in [-0.39, 0.29) is 5.57 Å². The van der Waals surface area contributed by atoms with Crippen molar-refractivity contribution in [1.82, 2.24) is 0 Å². The number of carboxylic acids is 1. The zero-order valence-electron chi connectivity index (χ0n) is 11.0. The van der Waals surface area contributed by atoms with Gasteiger partial charge in [0.2, 0.25) is 0 Å². The molecule has 0 aromatic heterocycles. The van der Waals surface area contributed by atoms with E-state index in [1.54, 1.807) is 49.6 Å². The van der Waals surface area contributed by atoms with Crippen LogP contribution in [-0.4, -0.2) is 18.2 Å². The van der Waals surface area contributed by atoms with Crippen LogP contribution in [0.3, 0.4) is 0 Å². The normalized spacial score (nSPS) is 11.2. The second kappa shape index (κ2) is 5.93. The molecule has 20 heavy (non-hydrogen) atoms. The van der Waals surface area contributed by atoms with Gasteiger partial charge in [0.25, 0.3) is 0 Å². The van der Waals surface area contributed by atoms with Gasteiger partial charge in [-0.15, -0.1) is 0 Å². The van der Waals surface area contributed by atoms with Gasteiger partial charge in [-0.05, 0) is 29.8 Å². The molecule has 0 saturated carbocycles. The summed E-state index contributed by atoms with van der Waals surface area (Å²) < 4.78 is 5.22. The summed E-state index contributed by atoms with van der Waals surface area (Å²) in [5.74, 6) is -0.373. The Bertz CT molecular complexity index is 645. The number of para-hydroxylation sites is 1. The van der Waals surface area contributed by atoms with Gasteiger partial charge in [-0.3, -0.25) is 0 Å². The van der Waals surface area contributed by atoms with E-state index < -0.39 is 5.97 Å². The number of methoxy groups -OCH3 is 1. The highest BCUT2D eigenvalue weighted by Gasteiger charge is 2.11. The fourth-order valence-electron chi connectivity index (χ4n) is 1.87. The predicted molar refractivity (Wildman–Crippen MR) is 79.4 cm³/mol. The van der Waals surface area contributed by atoms with E-state index in [4.69, 9.17) is 10.5 Å². The molecule has 2 aromatic carbocycles. The number of nitrogens with two attached hydrogens (primary N) is 1. The Morgan fingerprint density at radius 2 is 1.80 bits per heavy atom. The van der Waals surface area contributed by atoms with E-state index in [1.165, 1.54) is 0 Å². The number of hydrogen-bond donors (Lipinski definition) is 2. The van der Waals surface area contributed by atoms with Crippen LogP contribution in [0.2, 0.25) is 0 Å². The highest BCUT2D eigenvalue weighted by molar-refractivity contribution is 6.20. The fourth-order valence-corrected chi connectivity index (χ4v) is 1.87. The van der Waals surface area contributed by atoms with Crippen LogP contribution in [0.4, 0.5) is 5.69 Å². The number of carboxylic acid groups (broad SMARTS) is 1. The Labute approximate surface area is 117 Å².